The molecule has 0 aliphatic rings. The molecule has 0 amide bonds. The SMILES string of the molecule is C=CCOc1c(I)cc(C=NNc2nc(C)cc(COC)c2C#N)cc1OC. The van der Waals surface area contributed by atoms with E-state index in [2.05, 4.69) is 50.8 Å². The monoisotopic (exact) mass is 492 g/mol. The summed E-state index contributed by atoms with van der Waals surface area (Å²) in [5, 5.41) is 13.7. The molecule has 1 heterocycles. The third kappa shape index (κ3) is 5.43. The molecule has 0 spiro atoms. The maximum atomic E-state index is 9.46. The summed E-state index contributed by atoms with van der Waals surface area (Å²) in [4.78, 5) is 4.36. The first-order valence-electron chi connectivity index (χ1n) is 8.33. The quantitative estimate of drug-likeness (QED) is 0.246. The summed E-state index contributed by atoms with van der Waals surface area (Å²) in [7, 11) is 3.16. The van der Waals surface area contributed by atoms with Crippen molar-refractivity contribution in [1.29, 1.82) is 5.26 Å². The summed E-state index contributed by atoms with van der Waals surface area (Å²) in [6.07, 6.45) is 3.30. The lowest BCUT2D eigenvalue weighted by atomic mass is 10.1. The predicted octanol–water partition coefficient (Wildman–Crippen LogP) is 4.03. The van der Waals surface area contributed by atoms with Crippen molar-refractivity contribution in [1.82, 2.24) is 4.98 Å². The van der Waals surface area contributed by atoms with Crippen LogP contribution >= 0.6 is 22.6 Å². The summed E-state index contributed by atoms with van der Waals surface area (Å²) in [5.74, 6) is 1.65. The number of hydrogen-bond donors (Lipinski definition) is 1. The molecule has 1 aromatic carbocycles. The van der Waals surface area contributed by atoms with Gasteiger partial charge in [0.1, 0.15) is 18.2 Å². The van der Waals surface area contributed by atoms with Crippen molar-refractivity contribution in [2.75, 3.05) is 26.3 Å². The first kappa shape index (κ1) is 21.7. The van der Waals surface area contributed by atoms with Crippen LogP contribution in [0.5, 0.6) is 11.5 Å². The summed E-state index contributed by atoms with van der Waals surface area (Å²) in [6, 6.07) is 7.71. The Balaban J connectivity index is 2.27. The number of nitrogens with one attached hydrogen (secondary N) is 1. The largest absolute Gasteiger partial charge is 0.493 e. The van der Waals surface area contributed by atoms with Gasteiger partial charge in [0.15, 0.2) is 17.3 Å². The van der Waals surface area contributed by atoms with E-state index in [1.807, 2.05) is 25.1 Å². The molecule has 1 N–H and O–H groups in total. The molecule has 0 unspecified atom stereocenters. The maximum absolute atomic E-state index is 9.46. The molecule has 8 heteroatoms. The number of aryl methyl sites for hydroxylation is 1. The van der Waals surface area contributed by atoms with Crippen LogP contribution in [0.3, 0.4) is 0 Å². The average molecular weight is 492 g/mol. The van der Waals surface area contributed by atoms with Crippen LogP contribution in [-0.2, 0) is 11.3 Å². The molecule has 2 rings (SSSR count). The van der Waals surface area contributed by atoms with E-state index in [9.17, 15) is 5.26 Å². The molecular weight excluding hydrogens is 471 g/mol. The molecule has 146 valence electrons. The van der Waals surface area contributed by atoms with E-state index in [0.717, 1.165) is 20.4 Å². The Morgan fingerprint density at radius 1 is 1.36 bits per heavy atom. The van der Waals surface area contributed by atoms with Crippen molar-refractivity contribution < 1.29 is 14.2 Å². The highest BCUT2D eigenvalue weighted by molar-refractivity contribution is 14.1. The molecule has 0 aliphatic carbocycles. The Hall–Kier alpha value is -2.64. The molecule has 0 saturated heterocycles. The molecule has 0 bridgehead atoms. The van der Waals surface area contributed by atoms with E-state index in [1.165, 1.54) is 0 Å². The zero-order valence-electron chi connectivity index (χ0n) is 16.0. The number of hydrazone groups is 1. The molecule has 7 nitrogen and oxygen atoms in total. The second-order valence-electron chi connectivity index (χ2n) is 5.69. The smallest absolute Gasteiger partial charge is 0.174 e. The van der Waals surface area contributed by atoms with Gasteiger partial charge in [-0.15, -0.1) is 0 Å². The van der Waals surface area contributed by atoms with Gasteiger partial charge in [-0.2, -0.15) is 10.4 Å². The molecule has 2 aromatic rings. The van der Waals surface area contributed by atoms with Crippen molar-refractivity contribution in [2.45, 2.75) is 13.5 Å². The highest BCUT2D eigenvalue weighted by Crippen LogP contribution is 2.33. The van der Waals surface area contributed by atoms with E-state index in [-0.39, 0.29) is 0 Å². The second-order valence-corrected chi connectivity index (χ2v) is 6.86. The first-order chi connectivity index (χ1) is 13.5. The van der Waals surface area contributed by atoms with Gasteiger partial charge in [-0.1, -0.05) is 12.7 Å². The number of aromatic nitrogens is 1. The highest BCUT2D eigenvalue weighted by Gasteiger charge is 2.12. The van der Waals surface area contributed by atoms with Gasteiger partial charge in [0.05, 0.1) is 23.5 Å². The van der Waals surface area contributed by atoms with Gasteiger partial charge in [0.25, 0.3) is 0 Å². The van der Waals surface area contributed by atoms with Gasteiger partial charge in [0, 0.05) is 18.4 Å². The zero-order chi connectivity index (χ0) is 20.5. The summed E-state index contributed by atoms with van der Waals surface area (Å²) in [5.41, 5.74) is 5.59. The first-order valence-corrected chi connectivity index (χ1v) is 9.41. The Morgan fingerprint density at radius 2 is 2.14 bits per heavy atom. The fraction of sp³-hybridized carbons (Fsp3) is 0.250. The molecule has 0 radical (unpaired) electrons. The van der Waals surface area contributed by atoms with Gasteiger partial charge in [-0.05, 0) is 53.3 Å². The zero-order valence-corrected chi connectivity index (χ0v) is 18.1. The summed E-state index contributed by atoms with van der Waals surface area (Å²) < 4.78 is 17.1. The molecule has 0 saturated carbocycles. The van der Waals surface area contributed by atoms with Crippen molar-refractivity contribution in [3.05, 3.63) is 56.8 Å². The van der Waals surface area contributed by atoms with Crippen molar-refractivity contribution in [3.8, 4) is 17.6 Å². The number of rotatable bonds is 9. The number of benzene rings is 1. The number of halogens is 1. The third-order valence-electron chi connectivity index (χ3n) is 3.62. The van der Waals surface area contributed by atoms with Crippen LogP contribution in [0.4, 0.5) is 5.82 Å². The van der Waals surface area contributed by atoms with Crippen LogP contribution in [0.1, 0.15) is 22.4 Å². The third-order valence-corrected chi connectivity index (χ3v) is 4.42. The van der Waals surface area contributed by atoms with Crippen LogP contribution in [-0.4, -0.2) is 32.0 Å². The molecule has 0 aliphatic heterocycles. The molecule has 0 fully saturated rings. The van der Waals surface area contributed by atoms with Crippen LogP contribution in [0.25, 0.3) is 0 Å². The fourth-order valence-corrected chi connectivity index (χ4v) is 3.26. The van der Waals surface area contributed by atoms with Gasteiger partial charge in [-0.25, -0.2) is 4.98 Å². The number of nitrogens with zero attached hydrogens (tertiary/aromatic N) is 3. The van der Waals surface area contributed by atoms with Gasteiger partial charge >= 0.3 is 0 Å². The number of pyridine rings is 1. The minimum Gasteiger partial charge on any atom is -0.493 e. The number of anilines is 1. The van der Waals surface area contributed by atoms with E-state index < -0.39 is 0 Å². The molecule has 0 atom stereocenters. The van der Waals surface area contributed by atoms with Crippen molar-refractivity contribution >= 4 is 34.6 Å². The van der Waals surface area contributed by atoms with Crippen LogP contribution in [0.15, 0.2) is 36.0 Å². The molecule has 1 aromatic heterocycles. The lowest BCUT2D eigenvalue weighted by molar-refractivity contribution is 0.184. The number of nitriles is 1. The van der Waals surface area contributed by atoms with E-state index in [1.54, 1.807) is 26.5 Å². The van der Waals surface area contributed by atoms with E-state index >= 15 is 0 Å². The number of methoxy groups -OCH3 is 2. The Labute approximate surface area is 178 Å². The minimum atomic E-state index is 0.326. The van der Waals surface area contributed by atoms with Gasteiger partial charge in [0.2, 0.25) is 0 Å². The van der Waals surface area contributed by atoms with E-state index in [0.29, 0.717) is 36.1 Å². The average Bonchev–Trinajstić information content (AvgIpc) is 2.67. The number of ether oxygens (including phenoxy) is 3. The van der Waals surface area contributed by atoms with Crippen molar-refractivity contribution in [3.63, 3.8) is 0 Å². The van der Waals surface area contributed by atoms with Gasteiger partial charge in [-0.3, -0.25) is 5.43 Å². The van der Waals surface area contributed by atoms with E-state index in [4.69, 9.17) is 14.2 Å². The Morgan fingerprint density at radius 3 is 2.79 bits per heavy atom. The van der Waals surface area contributed by atoms with Crippen LogP contribution < -0.4 is 14.9 Å². The van der Waals surface area contributed by atoms with Crippen molar-refractivity contribution in [2.24, 2.45) is 5.10 Å². The maximum Gasteiger partial charge on any atom is 0.174 e. The normalized spacial score (nSPS) is 10.5. The van der Waals surface area contributed by atoms with Crippen LogP contribution in [0, 0.1) is 21.8 Å². The standard InChI is InChI=1S/C20H21IN4O3/c1-5-6-28-19-17(21)8-14(9-18(19)27-4)11-23-25-20-16(10-22)15(12-26-3)7-13(2)24-20/h5,7-9,11H,1,6,12H2,2-4H3,(H,24,25). The minimum absolute atomic E-state index is 0.326. The Kier molecular flexibility index (Phi) is 8.22. The molecular formula is C20H21IN4O3. The van der Waals surface area contributed by atoms with Gasteiger partial charge < -0.3 is 14.2 Å². The second kappa shape index (κ2) is 10.6. The Bertz CT molecular complexity index is 923. The predicted molar refractivity (Wildman–Crippen MR) is 117 cm³/mol. The summed E-state index contributed by atoms with van der Waals surface area (Å²) in [6.45, 7) is 6.22. The lowest BCUT2D eigenvalue weighted by Gasteiger charge is -2.12. The highest BCUT2D eigenvalue weighted by atomic mass is 127. The fourth-order valence-electron chi connectivity index (χ4n) is 2.48. The summed E-state index contributed by atoms with van der Waals surface area (Å²) >= 11 is 2.18. The molecule has 28 heavy (non-hydrogen) atoms. The van der Waals surface area contributed by atoms with Crippen LogP contribution in [0.2, 0.25) is 0 Å². The number of hydrogen-bond acceptors (Lipinski definition) is 7. The lowest BCUT2D eigenvalue weighted by Crippen LogP contribution is -2.04. The topological polar surface area (TPSA) is 88.8 Å².